The molecule has 9 nitrogen and oxygen atoms in total. The van der Waals surface area contributed by atoms with E-state index < -0.39 is 17.8 Å². The monoisotopic (exact) mass is 625 g/mol. The van der Waals surface area contributed by atoms with E-state index >= 15 is 0 Å². The number of nitrogens with zero attached hydrogens (tertiary/aromatic N) is 2. The van der Waals surface area contributed by atoms with Crippen LogP contribution in [0.25, 0.3) is 0 Å². The summed E-state index contributed by atoms with van der Waals surface area (Å²) in [6.45, 7) is 2.36. The van der Waals surface area contributed by atoms with Gasteiger partial charge in [-0.15, -0.1) is 0 Å². The Balaban J connectivity index is 1.21. The fourth-order valence-electron chi connectivity index (χ4n) is 5.58. The van der Waals surface area contributed by atoms with E-state index in [4.69, 9.17) is 35.5 Å². The Hall–Kier alpha value is -3.57. The van der Waals surface area contributed by atoms with Crippen LogP contribution >= 0.6 is 11.6 Å². The van der Waals surface area contributed by atoms with Gasteiger partial charge in [0.1, 0.15) is 18.5 Å². The number of carbonyl (C=O) groups is 2. The van der Waals surface area contributed by atoms with Crippen LogP contribution in [0.3, 0.4) is 0 Å². The quantitative estimate of drug-likeness (QED) is 0.267. The number of halogens is 2. The number of aromatic nitrogens is 1. The highest BCUT2D eigenvalue weighted by atomic mass is 35.5. The van der Waals surface area contributed by atoms with Gasteiger partial charge >= 0.3 is 5.97 Å². The number of amides is 1. The topological polar surface area (TPSA) is 99.2 Å². The Kier molecular flexibility index (Phi) is 10.8. The zero-order valence-corrected chi connectivity index (χ0v) is 25.6. The first kappa shape index (κ1) is 31.8. The van der Waals surface area contributed by atoms with Crippen LogP contribution in [-0.4, -0.2) is 74.4 Å². The number of hydrogen-bond donors (Lipinski definition) is 1. The van der Waals surface area contributed by atoms with Gasteiger partial charge in [-0.3, -0.25) is 9.69 Å². The highest BCUT2D eigenvalue weighted by molar-refractivity contribution is 6.30. The van der Waals surface area contributed by atoms with E-state index in [1.165, 1.54) is 13.2 Å². The fourth-order valence-corrected chi connectivity index (χ4v) is 5.74. The Bertz CT molecular complexity index is 1460. The molecule has 0 bridgehead atoms. The summed E-state index contributed by atoms with van der Waals surface area (Å²) in [6.07, 6.45) is 3.18. The minimum absolute atomic E-state index is 0.0481. The Morgan fingerprint density at radius 2 is 1.89 bits per heavy atom. The molecule has 11 heteroatoms. The number of piperidine rings is 1. The van der Waals surface area contributed by atoms with Crippen molar-refractivity contribution in [2.75, 3.05) is 45.8 Å². The molecule has 0 aliphatic carbocycles. The third kappa shape index (κ3) is 7.92. The molecule has 0 spiro atoms. The number of rotatable bonds is 12. The average Bonchev–Trinajstić information content (AvgIpc) is 3.01. The molecule has 0 saturated carbocycles. The summed E-state index contributed by atoms with van der Waals surface area (Å²) in [5.74, 6) is -0.404. The molecule has 2 aromatic carbocycles. The second kappa shape index (κ2) is 14.9. The van der Waals surface area contributed by atoms with Crippen LogP contribution in [0.15, 0.2) is 54.6 Å². The van der Waals surface area contributed by atoms with E-state index in [0.717, 1.165) is 30.5 Å². The van der Waals surface area contributed by atoms with E-state index in [0.29, 0.717) is 53.8 Å². The van der Waals surface area contributed by atoms with Gasteiger partial charge in [0.2, 0.25) is 11.8 Å². The van der Waals surface area contributed by atoms with Crippen molar-refractivity contribution in [1.82, 2.24) is 9.88 Å². The Morgan fingerprint density at radius 3 is 2.57 bits per heavy atom. The molecular weight excluding hydrogens is 589 g/mol. The summed E-state index contributed by atoms with van der Waals surface area (Å²) >= 11 is 5.85. The van der Waals surface area contributed by atoms with Gasteiger partial charge in [-0.1, -0.05) is 23.7 Å². The molecule has 2 atom stereocenters. The summed E-state index contributed by atoms with van der Waals surface area (Å²) in [4.78, 5) is 32.6. The first-order valence-corrected chi connectivity index (χ1v) is 15.1. The summed E-state index contributed by atoms with van der Waals surface area (Å²) in [5.41, 5.74) is 3.21. The lowest BCUT2D eigenvalue weighted by Gasteiger charge is -2.36. The summed E-state index contributed by atoms with van der Waals surface area (Å²) in [5, 5.41) is 3.42. The van der Waals surface area contributed by atoms with Crippen LogP contribution in [0, 0.1) is 5.82 Å². The van der Waals surface area contributed by atoms with Crippen molar-refractivity contribution in [2.24, 2.45) is 0 Å². The fraction of sp³-hybridized carbons (Fsp3) is 0.424. The molecule has 1 amide bonds. The molecule has 1 aromatic heterocycles. The molecule has 1 unspecified atom stereocenters. The van der Waals surface area contributed by atoms with Crippen molar-refractivity contribution in [2.45, 2.75) is 50.4 Å². The molecule has 2 aliphatic heterocycles. The smallest absolute Gasteiger partial charge is 0.337 e. The molecular formula is C33H37ClFN3O6. The number of ether oxygens (including phenoxy) is 4. The number of anilines is 1. The predicted octanol–water partition coefficient (Wildman–Crippen LogP) is 5.40. The summed E-state index contributed by atoms with van der Waals surface area (Å²) in [6, 6.07) is 14.8. The van der Waals surface area contributed by atoms with Crippen molar-refractivity contribution < 1.29 is 32.9 Å². The number of hydrogen-bond acceptors (Lipinski definition) is 8. The largest absolute Gasteiger partial charge is 0.473 e. The van der Waals surface area contributed by atoms with Crippen molar-refractivity contribution in [1.29, 1.82) is 0 Å². The van der Waals surface area contributed by atoms with E-state index in [1.54, 1.807) is 43.5 Å². The van der Waals surface area contributed by atoms with Crippen molar-refractivity contribution >= 4 is 29.2 Å². The van der Waals surface area contributed by atoms with Gasteiger partial charge in [-0.25, -0.2) is 14.2 Å². The van der Waals surface area contributed by atoms with Crippen LogP contribution in [0.1, 0.15) is 52.4 Å². The molecule has 1 N–H and O–H groups in total. The molecule has 2 aliphatic rings. The van der Waals surface area contributed by atoms with Gasteiger partial charge in [0, 0.05) is 54.1 Å². The second-order valence-electron chi connectivity index (χ2n) is 11.0. The van der Waals surface area contributed by atoms with Gasteiger partial charge in [-0.05, 0) is 74.3 Å². The highest BCUT2D eigenvalue weighted by Gasteiger charge is 2.32. The normalized spacial score (nSPS) is 17.9. The average molecular weight is 626 g/mol. The zero-order chi connectivity index (χ0) is 31.1. The standard InChI is InChI=1S/C33H37ClFN3O6/c1-41-20-30(32(39)37-29-9-7-22(33(40)42-2)16-24(29)17-26-12-15-43-26)38-13-10-21(11-14-38)28-4-3-5-31(36-28)44-19-23-6-8-25(34)18-27(23)35/h3-9,16,18,21,26,30H,10-15,17,19-20H2,1-2H3,(H,37,39)/t26-,30?/m1/s1. The lowest BCUT2D eigenvalue weighted by atomic mass is 9.92. The molecule has 44 heavy (non-hydrogen) atoms. The predicted molar refractivity (Wildman–Crippen MR) is 164 cm³/mol. The van der Waals surface area contributed by atoms with Crippen LogP contribution in [0.2, 0.25) is 5.02 Å². The number of pyridine rings is 1. The van der Waals surface area contributed by atoms with Crippen LogP contribution in [0.5, 0.6) is 5.88 Å². The first-order valence-electron chi connectivity index (χ1n) is 14.7. The number of likely N-dealkylation sites (tertiary alicyclic amines) is 1. The van der Waals surface area contributed by atoms with Crippen LogP contribution in [-0.2, 0) is 32.0 Å². The van der Waals surface area contributed by atoms with Gasteiger partial charge in [0.15, 0.2) is 0 Å². The number of nitrogens with one attached hydrogen (secondary N) is 1. The molecule has 3 aromatic rings. The first-order chi connectivity index (χ1) is 21.3. The molecule has 2 fully saturated rings. The van der Waals surface area contributed by atoms with Gasteiger partial charge in [-0.2, -0.15) is 0 Å². The third-order valence-electron chi connectivity index (χ3n) is 8.18. The molecule has 3 heterocycles. The SMILES string of the molecule is COCC(C(=O)Nc1ccc(C(=O)OC)cc1C[C@H]1CCO1)N1CCC(c2cccc(OCc3ccc(Cl)cc3F)n2)CC1. The molecule has 5 rings (SSSR count). The molecule has 234 valence electrons. The van der Waals surface area contributed by atoms with E-state index in [2.05, 4.69) is 10.2 Å². The van der Waals surface area contributed by atoms with E-state index in [1.807, 2.05) is 12.1 Å². The van der Waals surface area contributed by atoms with Crippen molar-refractivity contribution in [3.8, 4) is 5.88 Å². The lowest BCUT2D eigenvalue weighted by Crippen LogP contribution is -2.50. The summed E-state index contributed by atoms with van der Waals surface area (Å²) < 4.78 is 35.9. The Morgan fingerprint density at radius 1 is 1.09 bits per heavy atom. The van der Waals surface area contributed by atoms with Crippen molar-refractivity contribution in [3.05, 3.63) is 87.8 Å². The van der Waals surface area contributed by atoms with E-state index in [9.17, 15) is 14.0 Å². The minimum Gasteiger partial charge on any atom is -0.473 e. The van der Waals surface area contributed by atoms with Crippen LogP contribution < -0.4 is 10.1 Å². The maximum Gasteiger partial charge on any atom is 0.337 e. The number of methoxy groups -OCH3 is 2. The molecule has 2 saturated heterocycles. The maximum atomic E-state index is 14.2. The third-order valence-corrected chi connectivity index (χ3v) is 8.41. The van der Waals surface area contributed by atoms with E-state index in [-0.39, 0.29) is 31.1 Å². The highest BCUT2D eigenvalue weighted by Crippen LogP contribution is 2.30. The number of carbonyl (C=O) groups excluding carboxylic acids is 2. The number of esters is 1. The lowest BCUT2D eigenvalue weighted by molar-refractivity contribution is -0.123. The number of benzene rings is 2. The maximum absolute atomic E-state index is 14.2. The minimum atomic E-state index is -0.495. The summed E-state index contributed by atoms with van der Waals surface area (Å²) in [7, 11) is 2.93. The molecule has 0 radical (unpaired) electrons. The second-order valence-corrected chi connectivity index (χ2v) is 11.5. The Labute approximate surface area is 261 Å². The van der Waals surface area contributed by atoms with Gasteiger partial charge in [0.25, 0.3) is 0 Å². The van der Waals surface area contributed by atoms with Crippen molar-refractivity contribution in [3.63, 3.8) is 0 Å². The van der Waals surface area contributed by atoms with Gasteiger partial charge in [0.05, 0.1) is 25.4 Å². The van der Waals surface area contributed by atoms with Crippen LogP contribution in [0.4, 0.5) is 10.1 Å². The van der Waals surface area contributed by atoms with Gasteiger partial charge < -0.3 is 24.3 Å². The zero-order valence-electron chi connectivity index (χ0n) is 24.9.